The number of nitrogens with zero attached hydrogens (tertiary/aromatic N) is 2. The van der Waals surface area contributed by atoms with Crippen LogP contribution in [0.25, 0.3) is 10.9 Å². The summed E-state index contributed by atoms with van der Waals surface area (Å²) in [6.07, 6.45) is 1.59. The molecule has 8 nitrogen and oxygen atoms in total. The van der Waals surface area contributed by atoms with E-state index in [0.29, 0.717) is 22.8 Å². The Bertz CT molecular complexity index is 1290. The van der Waals surface area contributed by atoms with Crippen LogP contribution in [0.15, 0.2) is 73.1 Å². The van der Waals surface area contributed by atoms with Crippen molar-refractivity contribution in [3.8, 4) is 0 Å². The molecule has 8 heteroatoms. The quantitative estimate of drug-likeness (QED) is 0.333. The number of amides is 1. The van der Waals surface area contributed by atoms with Gasteiger partial charge in [0.2, 0.25) is 0 Å². The summed E-state index contributed by atoms with van der Waals surface area (Å²) in [6.45, 7) is -0.495. The standard InChI is InChI=1S/C24H21N5O3/c25-20-3-1-2-4-22(20)29-24(32)16-6-8-17(9-7-16)28-23-19-12-15(11-18(31)13-30)5-10-21(19)26-14-27-23/h1-10,12,14,30H,11,13,25H2,(H,29,32)(H,26,27,28). The summed E-state index contributed by atoms with van der Waals surface area (Å²) in [7, 11) is 0. The molecule has 0 aliphatic rings. The smallest absolute Gasteiger partial charge is 0.255 e. The van der Waals surface area contributed by atoms with Gasteiger partial charge in [-0.1, -0.05) is 18.2 Å². The van der Waals surface area contributed by atoms with E-state index >= 15 is 0 Å². The Morgan fingerprint density at radius 3 is 2.50 bits per heavy atom. The van der Waals surface area contributed by atoms with Crippen LogP contribution in [0, 0.1) is 0 Å². The van der Waals surface area contributed by atoms with Crippen LogP contribution >= 0.6 is 0 Å². The highest BCUT2D eigenvalue weighted by molar-refractivity contribution is 6.06. The molecule has 0 unspecified atom stereocenters. The van der Waals surface area contributed by atoms with E-state index in [1.165, 1.54) is 6.33 Å². The van der Waals surface area contributed by atoms with E-state index in [0.717, 1.165) is 22.2 Å². The van der Waals surface area contributed by atoms with Gasteiger partial charge in [0, 0.05) is 23.1 Å². The van der Waals surface area contributed by atoms with Crippen LogP contribution in [0.5, 0.6) is 0 Å². The van der Waals surface area contributed by atoms with Crippen molar-refractivity contribution in [2.75, 3.05) is 23.0 Å². The number of fused-ring (bicyclic) bond motifs is 1. The summed E-state index contributed by atoms with van der Waals surface area (Å²) in [5, 5.41) is 15.8. The first-order chi connectivity index (χ1) is 15.5. The Morgan fingerprint density at radius 1 is 0.969 bits per heavy atom. The van der Waals surface area contributed by atoms with Crippen LogP contribution < -0.4 is 16.4 Å². The van der Waals surface area contributed by atoms with Crippen LogP contribution in [0.4, 0.5) is 22.9 Å². The van der Waals surface area contributed by atoms with Gasteiger partial charge in [-0.05, 0) is 54.1 Å². The predicted molar refractivity (Wildman–Crippen MR) is 124 cm³/mol. The Morgan fingerprint density at radius 2 is 1.75 bits per heavy atom. The van der Waals surface area contributed by atoms with Crippen molar-refractivity contribution in [1.82, 2.24) is 9.97 Å². The van der Waals surface area contributed by atoms with E-state index < -0.39 is 6.61 Å². The van der Waals surface area contributed by atoms with Gasteiger partial charge in [-0.15, -0.1) is 0 Å². The van der Waals surface area contributed by atoms with Crippen molar-refractivity contribution in [3.63, 3.8) is 0 Å². The van der Waals surface area contributed by atoms with Crippen LogP contribution in [0.3, 0.4) is 0 Å². The maximum absolute atomic E-state index is 12.5. The molecular weight excluding hydrogens is 406 g/mol. The first-order valence-corrected chi connectivity index (χ1v) is 9.92. The van der Waals surface area contributed by atoms with Crippen LogP contribution in [0.2, 0.25) is 0 Å². The van der Waals surface area contributed by atoms with Crippen molar-refractivity contribution in [3.05, 3.63) is 84.2 Å². The third-order valence-corrected chi connectivity index (χ3v) is 4.90. The van der Waals surface area contributed by atoms with E-state index in [4.69, 9.17) is 10.8 Å². The molecule has 0 fully saturated rings. The number of aliphatic hydroxyl groups is 1. The lowest BCUT2D eigenvalue weighted by Gasteiger charge is -2.11. The van der Waals surface area contributed by atoms with Gasteiger partial charge in [0.15, 0.2) is 5.78 Å². The van der Waals surface area contributed by atoms with E-state index in [2.05, 4.69) is 20.6 Å². The maximum atomic E-state index is 12.5. The second-order valence-electron chi connectivity index (χ2n) is 7.19. The van der Waals surface area contributed by atoms with Gasteiger partial charge in [0.1, 0.15) is 18.8 Å². The number of carbonyl (C=O) groups is 2. The van der Waals surface area contributed by atoms with Gasteiger partial charge in [-0.25, -0.2) is 9.97 Å². The molecule has 5 N–H and O–H groups in total. The highest BCUT2D eigenvalue weighted by Crippen LogP contribution is 2.25. The molecule has 0 atom stereocenters. The topological polar surface area (TPSA) is 130 Å². The highest BCUT2D eigenvalue weighted by Gasteiger charge is 2.10. The van der Waals surface area contributed by atoms with Crippen LogP contribution in [0.1, 0.15) is 15.9 Å². The summed E-state index contributed by atoms with van der Waals surface area (Å²) < 4.78 is 0. The van der Waals surface area contributed by atoms with Gasteiger partial charge in [-0.2, -0.15) is 0 Å². The number of hydrogen-bond acceptors (Lipinski definition) is 7. The monoisotopic (exact) mass is 427 g/mol. The number of nitrogens with one attached hydrogen (secondary N) is 2. The average molecular weight is 427 g/mol. The number of nitrogens with two attached hydrogens (primary N) is 1. The minimum atomic E-state index is -0.495. The number of Topliss-reactive ketones (excluding diaryl/α,β-unsaturated/α-hetero) is 1. The average Bonchev–Trinajstić information content (AvgIpc) is 2.81. The van der Waals surface area contributed by atoms with Gasteiger partial charge < -0.3 is 21.5 Å². The van der Waals surface area contributed by atoms with Crippen molar-refractivity contribution in [2.45, 2.75) is 6.42 Å². The molecule has 4 aromatic rings. The van der Waals surface area contributed by atoms with Gasteiger partial charge in [-0.3, -0.25) is 9.59 Å². The number of aromatic nitrogens is 2. The van der Waals surface area contributed by atoms with Crippen molar-refractivity contribution >= 4 is 45.5 Å². The van der Waals surface area contributed by atoms with E-state index in [1.54, 1.807) is 54.6 Å². The zero-order valence-electron chi connectivity index (χ0n) is 17.1. The molecule has 1 amide bonds. The number of anilines is 4. The summed E-state index contributed by atoms with van der Waals surface area (Å²) in [6, 6.07) is 19.5. The molecule has 0 saturated carbocycles. The summed E-state index contributed by atoms with van der Waals surface area (Å²) >= 11 is 0. The fourth-order valence-electron chi connectivity index (χ4n) is 3.24. The minimum absolute atomic E-state index is 0.135. The van der Waals surface area contributed by atoms with E-state index in [9.17, 15) is 9.59 Å². The molecule has 0 aliphatic carbocycles. The maximum Gasteiger partial charge on any atom is 0.255 e. The molecule has 0 spiro atoms. The normalized spacial score (nSPS) is 10.7. The SMILES string of the molecule is Nc1ccccc1NC(=O)c1ccc(Nc2ncnc3ccc(CC(=O)CO)cc23)cc1. The molecule has 160 valence electrons. The van der Waals surface area contributed by atoms with Crippen LogP contribution in [-0.2, 0) is 11.2 Å². The third kappa shape index (κ3) is 4.71. The number of aliphatic hydroxyl groups excluding tert-OH is 1. The molecular formula is C24H21N5O3. The molecule has 0 aliphatic heterocycles. The highest BCUT2D eigenvalue weighted by atomic mass is 16.3. The van der Waals surface area contributed by atoms with Crippen molar-refractivity contribution in [1.29, 1.82) is 0 Å². The van der Waals surface area contributed by atoms with Gasteiger partial charge in [0.05, 0.1) is 16.9 Å². The number of nitrogen functional groups attached to an aromatic ring is 1. The molecule has 4 rings (SSSR count). The largest absolute Gasteiger partial charge is 0.397 e. The minimum Gasteiger partial charge on any atom is -0.397 e. The second-order valence-corrected chi connectivity index (χ2v) is 7.19. The number of para-hydroxylation sites is 2. The molecule has 0 saturated heterocycles. The fourth-order valence-corrected chi connectivity index (χ4v) is 3.24. The number of benzene rings is 3. The summed E-state index contributed by atoms with van der Waals surface area (Å²) in [4.78, 5) is 32.7. The number of hydrogen-bond donors (Lipinski definition) is 4. The second kappa shape index (κ2) is 9.23. The lowest BCUT2D eigenvalue weighted by atomic mass is 10.1. The first kappa shape index (κ1) is 21.0. The Labute approximate surface area is 184 Å². The van der Waals surface area contributed by atoms with E-state index in [1.807, 2.05) is 12.1 Å². The third-order valence-electron chi connectivity index (χ3n) is 4.90. The van der Waals surface area contributed by atoms with Crippen molar-refractivity contribution < 1.29 is 14.7 Å². The molecule has 32 heavy (non-hydrogen) atoms. The molecule has 1 heterocycles. The predicted octanol–water partition coefficient (Wildman–Crippen LogP) is 3.31. The number of ketones is 1. The first-order valence-electron chi connectivity index (χ1n) is 9.92. The Balaban J connectivity index is 1.53. The van der Waals surface area contributed by atoms with E-state index in [-0.39, 0.29) is 18.1 Å². The Kier molecular flexibility index (Phi) is 6.05. The van der Waals surface area contributed by atoms with Gasteiger partial charge >= 0.3 is 0 Å². The lowest BCUT2D eigenvalue weighted by molar-refractivity contribution is -0.121. The summed E-state index contributed by atoms with van der Waals surface area (Å²) in [5.74, 6) is 0.0459. The Hall–Kier alpha value is -4.30. The lowest BCUT2D eigenvalue weighted by Crippen LogP contribution is -2.13. The molecule has 3 aromatic carbocycles. The van der Waals surface area contributed by atoms with Crippen LogP contribution in [-0.4, -0.2) is 33.4 Å². The molecule has 0 bridgehead atoms. The molecule has 1 aromatic heterocycles. The summed E-state index contributed by atoms with van der Waals surface area (Å²) in [5.41, 5.74) is 9.64. The number of carbonyl (C=O) groups excluding carboxylic acids is 2. The zero-order chi connectivity index (χ0) is 22.5. The number of rotatable bonds is 7. The zero-order valence-corrected chi connectivity index (χ0v) is 17.1. The molecule has 0 radical (unpaired) electrons. The van der Waals surface area contributed by atoms with Gasteiger partial charge in [0.25, 0.3) is 5.91 Å². The fraction of sp³-hybridized carbons (Fsp3) is 0.0833. The van der Waals surface area contributed by atoms with Crippen molar-refractivity contribution in [2.24, 2.45) is 0 Å².